The van der Waals surface area contributed by atoms with Gasteiger partial charge in [-0.3, -0.25) is 4.79 Å². The van der Waals surface area contributed by atoms with E-state index in [4.69, 9.17) is 9.26 Å². The van der Waals surface area contributed by atoms with E-state index < -0.39 is 0 Å². The Hall–Kier alpha value is -3.15. The van der Waals surface area contributed by atoms with Crippen LogP contribution in [-0.4, -0.2) is 35.1 Å². The molecule has 0 aliphatic rings. The van der Waals surface area contributed by atoms with Crippen molar-refractivity contribution in [1.82, 2.24) is 15.0 Å². The highest BCUT2D eigenvalue weighted by atomic mass is 16.5. The predicted octanol–water partition coefficient (Wildman–Crippen LogP) is 3.90. The van der Waals surface area contributed by atoms with Crippen LogP contribution < -0.4 is 4.74 Å². The summed E-state index contributed by atoms with van der Waals surface area (Å²) in [6, 6.07) is 15.8. The molecule has 28 heavy (non-hydrogen) atoms. The minimum Gasteiger partial charge on any atom is -0.497 e. The normalized spacial score (nSPS) is 10.7. The first-order valence-electron chi connectivity index (χ1n) is 9.38. The zero-order valence-electron chi connectivity index (χ0n) is 16.5. The summed E-state index contributed by atoms with van der Waals surface area (Å²) in [4.78, 5) is 18.5. The first-order chi connectivity index (χ1) is 13.6. The number of benzene rings is 2. The van der Waals surface area contributed by atoms with Crippen LogP contribution >= 0.6 is 0 Å². The molecule has 1 amide bonds. The van der Waals surface area contributed by atoms with Gasteiger partial charge in [0.05, 0.1) is 7.11 Å². The molecule has 0 bridgehead atoms. The first kappa shape index (κ1) is 19.6. The van der Waals surface area contributed by atoms with Crippen molar-refractivity contribution in [1.29, 1.82) is 0 Å². The molecule has 3 rings (SSSR count). The molecule has 0 saturated heterocycles. The Labute approximate surface area is 165 Å². The van der Waals surface area contributed by atoms with Crippen molar-refractivity contribution in [2.75, 3.05) is 14.2 Å². The Bertz CT molecular complexity index is 902. The van der Waals surface area contributed by atoms with Crippen molar-refractivity contribution in [3.05, 3.63) is 65.5 Å². The number of amides is 1. The van der Waals surface area contributed by atoms with E-state index in [1.807, 2.05) is 31.3 Å². The van der Waals surface area contributed by atoms with Gasteiger partial charge in [0.2, 0.25) is 17.6 Å². The Morgan fingerprint density at radius 3 is 2.39 bits per heavy atom. The molecule has 0 aliphatic carbocycles. The number of hydrogen-bond donors (Lipinski definition) is 0. The Balaban J connectivity index is 1.52. The lowest BCUT2D eigenvalue weighted by Gasteiger charge is -2.17. The van der Waals surface area contributed by atoms with Crippen molar-refractivity contribution in [3.63, 3.8) is 0 Å². The number of aromatic nitrogens is 2. The summed E-state index contributed by atoms with van der Waals surface area (Å²) in [6.07, 6.45) is 1.76. The molecule has 0 atom stereocenters. The van der Waals surface area contributed by atoms with Gasteiger partial charge in [0, 0.05) is 32.0 Å². The third kappa shape index (κ3) is 4.97. The standard InChI is InChI=1S/C22H25N3O3/c1-4-16-5-7-17(8-6-16)15-25(2)21(26)14-13-20-23-22(24-28-20)18-9-11-19(27-3)12-10-18/h5-12H,4,13-15H2,1-3H3. The highest BCUT2D eigenvalue weighted by molar-refractivity contribution is 5.76. The van der Waals surface area contributed by atoms with Crippen LogP contribution in [0.1, 0.15) is 30.4 Å². The van der Waals surface area contributed by atoms with E-state index in [2.05, 4.69) is 41.3 Å². The molecule has 6 nitrogen and oxygen atoms in total. The van der Waals surface area contributed by atoms with Crippen LogP contribution in [0.15, 0.2) is 53.1 Å². The number of ether oxygens (including phenoxy) is 1. The highest BCUT2D eigenvalue weighted by Crippen LogP contribution is 2.20. The van der Waals surface area contributed by atoms with Gasteiger partial charge in [-0.1, -0.05) is 36.3 Å². The van der Waals surface area contributed by atoms with E-state index in [-0.39, 0.29) is 5.91 Å². The fourth-order valence-corrected chi connectivity index (χ4v) is 2.86. The summed E-state index contributed by atoms with van der Waals surface area (Å²) < 4.78 is 10.4. The molecule has 0 N–H and O–H groups in total. The van der Waals surface area contributed by atoms with Gasteiger partial charge in [-0.25, -0.2) is 0 Å². The van der Waals surface area contributed by atoms with Crippen LogP contribution in [0.25, 0.3) is 11.4 Å². The topological polar surface area (TPSA) is 68.5 Å². The summed E-state index contributed by atoms with van der Waals surface area (Å²) >= 11 is 0. The fourth-order valence-electron chi connectivity index (χ4n) is 2.86. The number of carbonyl (C=O) groups excluding carboxylic acids is 1. The average Bonchev–Trinajstić information content (AvgIpc) is 3.21. The molecule has 2 aromatic carbocycles. The monoisotopic (exact) mass is 379 g/mol. The van der Waals surface area contributed by atoms with Crippen LogP contribution in [0.4, 0.5) is 0 Å². The van der Waals surface area contributed by atoms with Crippen molar-refractivity contribution in [3.8, 4) is 17.1 Å². The number of hydrogen-bond acceptors (Lipinski definition) is 5. The van der Waals surface area contributed by atoms with Crippen LogP contribution in [0.3, 0.4) is 0 Å². The Morgan fingerprint density at radius 2 is 1.75 bits per heavy atom. The molecular formula is C22H25N3O3. The lowest BCUT2D eigenvalue weighted by atomic mass is 10.1. The lowest BCUT2D eigenvalue weighted by Crippen LogP contribution is -2.26. The van der Waals surface area contributed by atoms with Crippen LogP contribution in [-0.2, 0) is 24.2 Å². The van der Waals surface area contributed by atoms with E-state index in [1.54, 1.807) is 12.0 Å². The van der Waals surface area contributed by atoms with Gasteiger partial charge in [0.15, 0.2) is 0 Å². The number of aryl methyl sites for hydroxylation is 2. The number of methoxy groups -OCH3 is 1. The second kappa shape index (κ2) is 9.17. The molecular weight excluding hydrogens is 354 g/mol. The van der Waals surface area contributed by atoms with E-state index in [0.29, 0.717) is 31.1 Å². The zero-order chi connectivity index (χ0) is 19.9. The average molecular weight is 379 g/mol. The minimum absolute atomic E-state index is 0.0452. The maximum atomic E-state index is 12.4. The molecule has 0 unspecified atom stereocenters. The lowest BCUT2D eigenvalue weighted by molar-refractivity contribution is -0.130. The van der Waals surface area contributed by atoms with Gasteiger partial charge < -0.3 is 14.2 Å². The molecule has 0 fully saturated rings. The third-order valence-corrected chi connectivity index (χ3v) is 4.65. The summed E-state index contributed by atoms with van der Waals surface area (Å²) in [5, 5.41) is 4.00. The highest BCUT2D eigenvalue weighted by Gasteiger charge is 2.14. The predicted molar refractivity (Wildman–Crippen MR) is 107 cm³/mol. The van der Waals surface area contributed by atoms with Crippen LogP contribution in [0.2, 0.25) is 0 Å². The van der Waals surface area contributed by atoms with E-state index in [1.165, 1.54) is 5.56 Å². The maximum Gasteiger partial charge on any atom is 0.227 e. The minimum atomic E-state index is 0.0452. The molecule has 0 radical (unpaired) electrons. The number of rotatable bonds is 8. The molecule has 0 saturated carbocycles. The molecule has 0 spiro atoms. The van der Waals surface area contributed by atoms with Gasteiger partial charge in [-0.2, -0.15) is 4.98 Å². The van der Waals surface area contributed by atoms with Crippen molar-refractivity contribution in [2.45, 2.75) is 32.7 Å². The largest absolute Gasteiger partial charge is 0.497 e. The Kier molecular flexibility index (Phi) is 6.42. The molecule has 1 heterocycles. The van der Waals surface area contributed by atoms with E-state index in [0.717, 1.165) is 23.3 Å². The van der Waals surface area contributed by atoms with Gasteiger partial charge in [0.25, 0.3) is 0 Å². The van der Waals surface area contributed by atoms with Crippen molar-refractivity contribution < 1.29 is 14.1 Å². The van der Waals surface area contributed by atoms with Gasteiger partial charge >= 0.3 is 0 Å². The number of nitrogens with zero attached hydrogens (tertiary/aromatic N) is 3. The zero-order valence-corrected chi connectivity index (χ0v) is 16.5. The summed E-state index contributed by atoms with van der Waals surface area (Å²) in [7, 11) is 3.43. The Morgan fingerprint density at radius 1 is 1.07 bits per heavy atom. The molecule has 1 aromatic heterocycles. The van der Waals surface area contributed by atoms with Crippen molar-refractivity contribution >= 4 is 5.91 Å². The second-order valence-corrected chi connectivity index (χ2v) is 6.66. The third-order valence-electron chi connectivity index (χ3n) is 4.65. The van der Waals surface area contributed by atoms with Gasteiger partial charge in [0.1, 0.15) is 5.75 Å². The fraction of sp³-hybridized carbons (Fsp3) is 0.318. The maximum absolute atomic E-state index is 12.4. The SMILES string of the molecule is CCc1ccc(CN(C)C(=O)CCc2nc(-c3ccc(OC)cc3)no2)cc1. The van der Waals surface area contributed by atoms with E-state index in [9.17, 15) is 4.79 Å². The molecule has 3 aromatic rings. The van der Waals surface area contributed by atoms with Gasteiger partial charge in [-0.05, 0) is 41.8 Å². The molecule has 146 valence electrons. The second-order valence-electron chi connectivity index (χ2n) is 6.66. The smallest absolute Gasteiger partial charge is 0.227 e. The summed E-state index contributed by atoms with van der Waals surface area (Å²) in [5.74, 6) is 1.78. The summed E-state index contributed by atoms with van der Waals surface area (Å²) in [6.45, 7) is 2.71. The molecule has 0 aliphatic heterocycles. The van der Waals surface area contributed by atoms with Gasteiger partial charge in [-0.15, -0.1) is 0 Å². The van der Waals surface area contributed by atoms with Crippen LogP contribution in [0, 0.1) is 0 Å². The van der Waals surface area contributed by atoms with Crippen LogP contribution in [0.5, 0.6) is 5.75 Å². The number of carbonyl (C=O) groups is 1. The molecule has 6 heteroatoms. The quantitative estimate of drug-likeness (QED) is 0.594. The summed E-state index contributed by atoms with van der Waals surface area (Å²) in [5.41, 5.74) is 3.25. The van der Waals surface area contributed by atoms with E-state index >= 15 is 0 Å². The first-order valence-corrected chi connectivity index (χ1v) is 9.38. The van der Waals surface area contributed by atoms with Crippen molar-refractivity contribution in [2.24, 2.45) is 0 Å².